The first-order valence-corrected chi connectivity index (χ1v) is 10.3. The number of pyridine rings is 1. The number of likely N-dealkylation sites (tertiary alicyclic amines) is 1. The molecular weight excluding hydrogens is 393 g/mol. The van der Waals surface area contributed by atoms with Gasteiger partial charge in [0.1, 0.15) is 11.6 Å². The van der Waals surface area contributed by atoms with E-state index in [-0.39, 0.29) is 5.82 Å². The fraction of sp³-hybridized carbons (Fsp3) is 0.208. The minimum Gasteiger partial charge on any atom is -0.388 e. The Kier molecular flexibility index (Phi) is 6.21. The van der Waals surface area contributed by atoms with Crippen LogP contribution in [0.2, 0.25) is 0 Å². The van der Waals surface area contributed by atoms with Crippen molar-refractivity contribution in [1.29, 1.82) is 0 Å². The molecule has 158 valence electrons. The molecule has 2 aromatic heterocycles. The number of aromatic nitrogens is 3. The molecule has 2 N–H and O–H groups in total. The lowest BCUT2D eigenvalue weighted by atomic mass is 10.1. The first-order chi connectivity index (χ1) is 15.2. The van der Waals surface area contributed by atoms with Crippen LogP contribution in [0.15, 0.2) is 60.8 Å². The molecule has 1 aliphatic rings. The Bertz CT molecular complexity index is 1170. The summed E-state index contributed by atoms with van der Waals surface area (Å²) >= 11 is 0. The van der Waals surface area contributed by atoms with E-state index in [0.717, 1.165) is 41.8 Å². The maximum atomic E-state index is 14.2. The number of H-pyrrole nitrogens is 1. The maximum absolute atomic E-state index is 14.2. The molecule has 31 heavy (non-hydrogen) atoms. The van der Waals surface area contributed by atoms with E-state index in [1.165, 1.54) is 18.9 Å². The van der Waals surface area contributed by atoms with Crippen molar-refractivity contribution in [2.75, 3.05) is 25.5 Å². The molecule has 1 aliphatic heterocycles. The van der Waals surface area contributed by atoms with E-state index in [0.29, 0.717) is 17.0 Å². The summed E-state index contributed by atoms with van der Waals surface area (Å²) in [6.07, 6.45) is 5.09. The molecule has 3 heterocycles. The highest BCUT2D eigenvalue weighted by Gasteiger charge is 2.12. The number of halogens is 1. The molecule has 7 heteroatoms. The smallest absolute Gasteiger partial charge is 0.209 e. The predicted octanol–water partition coefficient (Wildman–Crippen LogP) is 4.71. The van der Waals surface area contributed by atoms with Crippen molar-refractivity contribution in [3.8, 4) is 22.5 Å². The first-order valence-electron chi connectivity index (χ1n) is 10.3. The molecule has 0 aliphatic carbocycles. The molecule has 6 nitrogen and oxygen atoms in total. The molecule has 0 saturated carbocycles. The number of rotatable bonds is 4. The summed E-state index contributed by atoms with van der Waals surface area (Å²) in [4.78, 5) is 23.7. The maximum Gasteiger partial charge on any atom is 0.209 e. The predicted molar refractivity (Wildman–Crippen MR) is 121 cm³/mol. The van der Waals surface area contributed by atoms with Gasteiger partial charge in [-0.1, -0.05) is 30.3 Å². The lowest BCUT2D eigenvalue weighted by molar-refractivity contribution is -0.117. The molecule has 0 atom stereocenters. The molecule has 0 spiro atoms. The molecule has 0 radical (unpaired) electrons. The minimum absolute atomic E-state index is 0.323. The standard InChI is InChI=1S/C19H15FN4.C5H9NO/c1-21-14-7-8-16(20)15(10-14)18-23-17-9-13(11-22-19(17)24-18)12-5-3-2-4-6-12;7-5-6-3-1-2-4-6/h2-11,21H,1H3,(H,22,23,24);5H,1-4H2. The Hall–Kier alpha value is -3.74. The van der Waals surface area contributed by atoms with Gasteiger partial charge in [-0.3, -0.25) is 4.79 Å². The summed E-state index contributed by atoms with van der Waals surface area (Å²) in [7, 11) is 1.79. The van der Waals surface area contributed by atoms with Crippen molar-refractivity contribution in [3.63, 3.8) is 0 Å². The Labute approximate surface area is 180 Å². The normalized spacial score (nSPS) is 13.0. The Morgan fingerprint density at radius 2 is 1.84 bits per heavy atom. The number of fused-ring (bicyclic) bond motifs is 1. The van der Waals surface area contributed by atoms with Crippen LogP contribution in [0.25, 0.3) is 33.7 Å². The van der Waals surface area contributed by atoms with Gasteiger partial charge in [0.05, 0.1) is 11.1 Å². The van der Waals surface area contributed by atoms with E-state index in [1.807, 2.05) is 36.4 Å². The van der Waals surface area contributed by atoms with Crippen molar-refractivity contribution in [1.82, 2.24) is 19.9 Å². The van der Waals surface area contributed by atoms with E-state index < -0.39 is 0 Å². The largest absolute Gasteiger partial charge is 0.388 e. The van der Waals surface area contributed by atoms with Gasteiger partial charge in [-0.15, -0.1) is 0 Å². The van der Waals surface area contributed by atoms with Crippen LogP contribution >= 0.6 is 0 Å². The molecule has 1 fully saturated rings. The number of benzene rings is 2. The zero-order chi connectivity index (χ0) is 21.6. The summed E-state index contributed by atoms with van der Waals surface area (Å²) in [6, 6.07) is 16.8. The van der Waals surface area contributed by atoms with E-state index >= 15 is 0 Å². The number of amides is 1. The highest BCUT2D eigenvalue weighted by molar-refractivity contribution is 5.81. The van der Waals surface area contributed by atoms with Crippen LogP contribution in [-0.4, -0.2) is 46.4 Å². The van der Waals surface area contributed by atoms with Gasteiger partial charge in [0.15, 0.2) is 5.65 Å². The third-order valence-electron chi connectivity index (χ3n) is 5.24. The zero-order valence-electron chi connectivity index (χ0n) is 17.3. The minimum atomic E-state index is -0.323. The lowest BCUT2D eigenvalue weighted by Gasteiger charge is -2.03. The molecule has 1 amide bonds. The van der Waals surface area contributed by atoms with Crippen molar-refractivity contribution >= 4 is 23.3 Å². The average molecular weight is 417 g/mol. The zero-order valence-corrected chi connectivity index (χ0v) is 17.3. The Morgan fingerprint density at radius 1 is 1.06 bits per heavy atom. The number of hydrogen-bond acceptors (Lipinski definition) is 4. The van der Waals surface area contributed by atoms with Crippen LogP contribution in [0, 0.1) is 5.82 Å². The van der Waals surface area contributed by atoms with Gasteiger partial charge in [-0.2, -0.15) is 0 Å². The van der Waals surface area contributed by atoms with Gasteiger partial charge in [-0.25, -0.2) is 14.4 Å². The van der Waals surface area contributed by atoms with Crippen LogP contribution in [0.4, 0.5) is 10.1 Å². The van der Waals surface area contributed by atoms with Crippen LogP contribution < -0.4 is 5.32 Å². The number of imidazole rings is 1. The molecule has 5 rings (SSSR count). The second kappa shape index (κ2) is 9.38. The second-order valence-electron chi connectivity index (χ2n) is 7.34. The summed E-state index contributed by atoms with van der Waals surface area (Å²) in [5, 5.41) is 3.00. The van der Waals surface area contributed by atoms with Crippen LogP contribution in [0.3, 0.4) is 0 Å². The van der Waals surface area contributed by atoms with Gasteiger partial charge in [0.2, 0.25) is 6.41 Å². The highest BCUT2D eigenvalue weighted by Crippen LogP contribution is 2.27. The van der Waals surface area contributed by atoms with E-state index in [4.69, 9.17) is 0 Å². The highest BCUT2D eigenvalue weighted by atomic mass is 19.1. The van der Waals surface area contributed by atoms with Crippen molar-refractivity contribution in [2.45, 2.75) is 12.8 Å². The number of nitrogens with one attached hydrogen (secondary N) is 2. The van der Waals surface area contributed by atoms with Gasteiger partial charge < -0.3 is 15.2 Å². The second-order valence-corrected chi connectivity index (χ2v) is 7.34. The van der Waals surface area contributed by atoms with E-state index in [2.05, 4.69) is 20.3 Å². The summed E-state index contributed by atoms with van der Waals surface area (Å²) < 4.78 is 14.2. The first kappa shape index (κ1) is 20.5. The van der Waals surface area contributed by atoms with Crippen molar-refractivity contribution < 1.29 is 9.18 Å². The molecule has 4 aromatic rings. The van der Waals surface area contributed by atoms with E-state index in [9.17, 15) is 9.18 Å². The summed E-state index contributed by atoms with van der Waals surface area (Å²) in [5.41, 5.74) is 4.65. The Balaban J connectivity index is 0.000000282. The number of anilines is 1. The third kappa shape index (κ3) is 4.71. The number of carbonyl (C=O) groups is 1. The number of nitrogens with zero attached hydrogens (tertiary/aromatic N) is 3. The van der Waals surface area contributed by atoms with Gasteiger partial charge in [0, 0.05) is 37.6 Å². The fourth-order valence-corrected chi connectivity index (χ4v) is 3.53. The molecular formula is C24H24FN5O. The third-order valence-corrected chi connectivity index (χ3v) is 5.24. The molecule has 0 bridgehead atoms. The number of hydrogen-bond donors (Lipinski definition) is 2. The topological polar surface area (TPSA) is 73.9 Å². The van der Waals surface area contributed by atoms with Crippen LogP contribution in [0.1, 0.15) is 12.8 Å². The van der Waals surface area contributed by atoms with Crippen molar-refractivity contribution in [3.05, 3.63) is 66.6 Å². The van der Waals surface area contributed by atoms with E-state index in [1.54, 1.807) is 30.3 Å². The molecule has 2 aromatic carbocycles. The monoisotopic (exact) mass is 417 g/mol. The van der Waals surface area contributed by atoms with Gasteiger partial charge in [-0.05, 0) is 42.7 Å². The molecule has 0 unspecified atom stereocenters. The number of aromatic amines is 1. The number of carbonyl (C=O) groups excluding carboxylic acids is 1. The summed E-state index contributed by atoms with van der Waals surface area (Å²) in [6.45, 7) is 1.95. The fourth-order valence-electron chi connectivity index (χ4n) is 3.53. The summed E-state index contributed by atoms with van der Waals surface area (Å²) in [5.74, 6) is 0.147. The van der Waals surface area contributed by atoms with Crippen LogP contribution in [0.5, 0.6) is 0 Å². The SMILES string of the molecule is CNc1ccc(F)c(-c2nc3ncc(-c4ccccc4)cc3[nH]2)c1.O=CN1CCCC1. The quantitative estimate of drug-likeness (QED) is 0.472. The van der Waals surface area contributed by atoms with Gasteiger partial charge >= 0.3 is 0 Å². The Morgan fingerprint density at radius 3 is 2.52 bits per heavy atom. The lowest BCUT2D eigenvalue weighted by Crippen LogP contribution is -2.15. The molecule has 1 saturated heterocycles. The van der Waals surface area contributed by atoms with Crippen LogP contribution in [-0.2, 0) is 4.79 Å². The van der Waals surface area contributed by atoms with Crippen molar-refractivity contribution in [2.24, 2.45) is 0 Å². The van der Waals surface area contributed by atoms with Gasteiger partial charge in [0.25, 0.3) is 0 Å². The average Bonchev–Trinajstić information content (AvgIpc) is 3.49.